The van der Waals surface area contributed by atoms with E-state index >= 15 is 0 Å². The molecule has 10 heteroatoms. The molecule has 3 atom stereocenters. The van der Waals surface area contributed by atoms with Crippen LogP contribution in [0.25, 0.3) is 0 Å². The largest absolute Gasteiger partial charge is 0.360 e. The predicted octanol–water partition coefficient (Wildman–Crippen LogP) is 1.46. The van der Waals surface area contributed by atoms with Crippen LogP contribution in [0.2, 0.25) is 0 Å². The van der Waals surface area contributed by atoms with Crippen molar-refractivity contribution in [3.05, 3.63) is 11.8 Å². The van der Waals surface area contributed by atoms with Gasteiger partial charge in [-0.15, -0.1) is 0 Å². The van der Waals surface area contributed by atoms with Crippen molar-refractivity contribution in [1.82, 2.24) is 20.1 Å². The fraction of sp³-hybridized carbons (Fsp3) is 0.762. The third-order valence-electron chi connectivity index (χ3n) is 7.63. The number of amides is 1. The van der Waals surface area contributed by atoms with E-state index in [1.54, 1.807) is 11.8 Å². The van der Waals surface area contributed by atoms with Gasteiger partial charge in [0.25, 0.3) is 10.0 Å². The number of aromatic nitrogens is 1. The molecule has 1 saturated heterocycles. The molecule has 0 aromatic carbocycles. The molecule has 1 aromatic heterocycles. The van der Waals surface area contributed by atoms with Gasteiger partial charge in [-0.2, -0.15) is 5.26 Å². The Labute approximate surface area is 182 Å². The summed E-state index contributed by atoms with van der Waals surface area (Å²) in [4.78, 5) is 14.5. The third-order valence-corrected chi connectivity index (χ3v) is 9.08. The maximum Gasteiger partial charge on any atom is 0.262 e. The van der Waals surface area contributed by atoms with Crippen molar-refractivity contribution in [3.8, 4) is 6.07 Å². The number of hydrogen-bond acceptors (Lipinski definition) is 7. The summed E-state index contributed by atoms with van der Waals surface area (Å²) in [5, 5.41) is 16.4. The molecule has 31 heavy (non-hydrogen) atoms. The highest BCUT2D eigenvalue weighted by Gasteiger charge is 2.59. The molecule has 4 bridgehead atoms. The SMILES string of the molecule is Cc1cc(S(=O)(=O)NC23CC4CC(CC(NCC(=O)N5CCC[C@H]5C#N)(C4)C2)C3)no1. The van der Waals surface area contributed by atoms with Crippen molar-refractivity contribution in [2.45, 2.75) is 80.4 Å². The lowest BCUT2D eigenvalue weighted by atomic mass is 9.50. The monoisotopic (exact) mass is 447 g/mol. The Balaban J connectivity index is 1.32. The second-order valence-electron chi connectivity index (χ2n) is 10.1. The molecule has 2 N–H and O–H groups in total. The number of nitriles is 1. The summed E-state index contributed by atoms with van der Waals surface area (Å²) in [7, 11) is -3.78. The molecule has 1 aliphatic heterocycles. The van der Waals surface area contributed by atoms with Crippen molar-refractivity contribution in [2.75, 3.05) is 13.1 Å². The van der Waals surface area contributed by atoms with E-state index in [-0.39, 0.29) is 29.1 Å². The summed E-state index contributed by atoms with van der Waals surface area (Å²) < 4.78 is 34.0. The molecule has 6 rings (SSSR count). The summed E-state index contributed by atoms with van der Waals surface area (Å²) in [6, 6.07) is 3.34. The van der Waals surface area contributed by atoms with Crippen molar-refractivity contribution in [1.29, 1.82) is 5.26 Å². The van der Waals surface area contributed by atoms with Gasteiger partial charge in [0.15, 0.2) is 0 Å². The summed E-state index contributed by atoms with van der Waals surface area (Å²) in [5.41, 5.74) is -0.765. The normalized spacial score (nSPS) is 36.6. The molecule has 5 aliphatic rings. The molecule has 168 valence electrons. The number of nitrogens with zero attached hydrogens (tertiary/aromatic N) is 3. The average Bonchev–Trinajstić information content (AvgIpc) is 3.33. The van der Waals surface area contributed by atoms with Crippen LogP contribution in [-0.2, 0) is 14.8 Å². The van der Waals surface area contributed by atoms with Crippen LogP contribution in [0.3, 0.4) is 0 Å². The minimum absolute atomic E-state index is 0.0347. The Bertz CT molecular complexity index is 1010. The summed E-state index contributed by atoms with van der Waals surface area (Å²) in [5.74, 6) is 1.29. The number of rotatable bonds is 6. The summed E-state index contributed by atoms with van der Waals surface area (Å²) in [6.07, 6.45) is 6.95. The molecule has 0 spiro atoms. The molecule has 2 unspecified atom stereocenters. The molecular formula is C21H29N5O4S. The van der Waals surface area contributed by atoms with Crippen molar-refractivity contribution in [3.63, 3.8) is 0 Å². The van der Waals surface area contributed by atoms with Gasteiger partial charge in [0.2, 0.25) is 10.9 Å². The molecule has 1 amide bonds. The number of nitrogens with one attached hydrogen (secondary N) is 2. The van der Waals surface area contributed by atoms with E-state index in [1.165, 1.54) is 6.07 Å². The first-order valence-electron chi connectivity index (χ1n) is 11.1. The molecule has 9 nitrogen and oxygen atoms in total. The molecule has 4 aliphatic carbocycles. The third kappa shape index (κ3) is 3.77. The summed E-state index contributed by atoms with van der Waals surface area (Å²) >= 11 is 0. The Morgan fingerprint density at radius 3 is 2.68 bits per heavy atom. The lowest BCUT2D eigenvalue weighted by molar-refractivity contribution is -0.131. The first-order valence-corrected chi connectivity index (χ1v) is 12.6. The Hall–Kier alpha value is -1.96. The quantitative estimate of drug-likeness (QED) is 0.675. The minimum Gasteiger partial charge on any atom is -0.360 e. The fourth-order valence-electron chi connectivity index (χ4n) is 6.96. The van der Waals surface area contributed by atoms with Gasteiger partial charge in [-0.1, -0.05) is 5.16 Å². The zero-order valence-corrected chi connectivity index (χ0v) is 18.6. The number of aryl methyl sites for hydroxylation is 1. The predicted molar refractivity (Wildman–Crippen MR) is 110 cm³/mol. The van der Waals surface area contributed by atoms with Crippen LogP contribution in [0.5, 0.6) is 0 Å². The molecule has 0 radical (unpaired) electrons. The van der Waals surface area contributed by atoms with Crippen LogP contribution >= 0.6 is 0 Å². The average molecular weight is 448 g/mol. The number of sulfonamides is 1. The van der Waals surface area contributed by atoms with Crippen LogP contribution in [-0.4, -0.2) is 54.6 Å². The van der Waals surface area contributed by atoms with E-state index in [4.69, 9.17) is 4.52 Å². The molecule has 4 saturated carbocycles. The van der Waals surface area contributed by atoms with Gasteiger partial charge in [0.1, 0.15) is 11.8 Å². The van der Waals surface area contributed by atoms with Crippen molar-refractivity contribution < 1.29 is 17.7 Å². The second-order valence-corrected chi connectivity index (χ2v) is 11.8. The van der Waals surface area contributed by atoms with E-state index in [2.05, 4.69) is 21.3 Å². The van der Waals surface area contributed by atoms with Crippen LogP contribution in [0.1, 0.15) is 57.1 Å². The van der Waals surface area contributed by atoms with Crippen LogP contribution in [0, 0.1) is 30.1 Å². The van der Waals surface area contributed by atoms with Gasteiger partial charge in [-0.25, -0.2) is 13.1 Å². The summed E-state index contributed by atoms with van der Waals surface area (Å²) in [6.45, 7) is 2.50. The number of hydrogen-bond donors (Lipinski definition) is 2. The lowest BCUT2D eigenvalue weighted by Crippen LogP contribution is -2.69. The number of carbonyl (C=O) groups excluding carboxylic acids is 1. The first kappa shape index (κ1) is 20.9. The number of carbonyl (C=O) groups is 1. The maximum absolute atomic E-state index is 13.0. The zero-order chi connectivity index (χ0) is 21.9. The van der Waals surface area contributed by atoms with E-state index in [1.807, 2.05) is 0 Å². The van der Waals surface area contributed by atoms with E-state index in [9.17, 15) is 18.5 Å². The van der Waals surface area contributed by atoms with E-state index in [0.29, 0.717) is 30.6 Å². The Kier molecular flexibility index (Phi) is 4.92. The molecule has 5 fully saturated rings. The van der Waals surface area contributed by atoms with Crippen LogP contribution < -0.4 is 10.0 Å². The Morgan fingerprint density at radius 2 is 2.03 bits per heavy atom. The maximum atomic E-state index is 13.0. The lowest BCUT2D eigenvalue weighted by Gasteiger charge is -2.62. The first-order chi connectivity index (χ1) is 14.7. The smallest absolute Gasteiger partial charge is 0.262 e. The topological polar surface area (TPSA) is 128 Å². The van der Waals surface area contributed by atoms with Gasteiger partial charge in [-0.3, -0.25) is 4.79 Å². The fourth-order valence-corrected chi connectivity index (χ4v) is 8.33. The second kappa shape index (κ2) is 7.29. The highest BCUT2D eigenvalue weighted by atomic mass is 32.2. The number of likely N-dealkylation sites (tertiary alicyclic amines) is 1. The van der Waals surface area contributed by atoms with Gasteiger partial charge < -0.3 is 14.7 Å². The van der Waals surface area contributed by atoms with Crippen molar-refractivity contribution in [2.24, 2.45) is 11.8 Å². The minimum atomic E-state index is -3.78. The van der Waals surface area contributed by atoms with Gasteiger partial charge >= 0.3 is 0 Å². The van der Waals surface area contributed by atoms with E-state index < -0.39 is 15.6 Å². The standard InChI is InChI=1S/C21H29N5O4S/c1-14-5-18(24-30-14)31(28,29)25-21-9-15-6-16(10-21)8-20(7-15,13-21)23-12-19(27)26-4-2-3-17(26)11-22/h5,15-17,23,25H,2-4,6-10,12-13H2,1H3/t15?,16?,17-,20?,21?/m0/s1. The van der Waals surface area contributed by atoms with Gasteiger partial charge in [0.05, 0.1) is 12.6 Å². The van der Waals surface area contributed by atoms with E-state index in [0.717, 1.165) is 44.9 Å². The highest BCUT2D eigenvalue weighted by Crippen LogP contribution is 2.57. The van der Waals surface area contributed by atoms with Crippen LogP contribution in [0.15, 0.2) is 15.6 Å². The van der Waals surface area contributed by atoms with Gasteiger partial charge in [0, 0.05) is 23.7 Å². The molecular weight excluding hydrogens is 418 g/mol. The van der Waals surface area contributed by atoms with Crippen molar-refractivity contribution >= 4 is 15.9 Å². The highest BCUT2D eigenvalue weighted by molar-refractivity contribution is 7.89. The van der Waals surface area contributed by atoms with Gasteiger partial charge in [-0.05, 0) is 70.1 Å². The molecule has 2 heterocycles. The van der Waals surface area contributed by atoms with Crippen LogP contribution in [0.4, 0.5) is 0 Å². The Morgan fingerprint density at radius 1 is 1.32 bits per heavy atom. The zero-order valence-electron chi connectivity index (χ0n) is 17.8. The molecule has 1 aromatic rings.